The van der Waals surface area contributed by atoms with Gasteiger partial charge in [0.05, 0.1) is 17.8 Å². The number of amides is 2. The number of anilines is 1. The molecule has 3 fully saturated rings. The van der Waals surface area contributed by atoms with Crippen LogP contribution in [-0.4, -0.2) is 79.6 Å². The molecule has 0 radical (unpaired) electrons. The fourth-order valence-corrected chi connectivity index (χ4v) is 4.96. The molecule has 3 aliphatic rings. The number of nitrogens with one attached hydrogen (secondary N) is 1. The van der Waals surface area contributed by atoms with Crippen molar-refractivity contribution < 1.29 is 14.7 Å². The van der Waals surface area contributed by atoms with E-state index in [4.69, 9.17) is 0 Å². The van der Waals surface area contributed by atoms with Crippen LogP contribution in [0.5, 0.6) is 0 Å². The fourth-order valence-electron chi connectivity index (χ4n) is 4.96. The van der Waals surface area contributed by atoms with E-state index in [-0.39, 0.29) is 30.8 Å². The Bertz CT molecular complexity index is 1040. The van der Waals surface area contributed by atoms with Gasteiger partial charge < -0.3 is 20.2 Å². The molecule has 4 heterocycles. The van der Waals surface area contributed by atoms with E-state index in [1.165, 1.54) is 4.90 Å². The van der Waals surface area contributed by atoms with Crippen LogP contribution in [0, 0.1) is 5.41 Å². The van der Waals surface area contributed by atoms with E-state index in [1.807, 2.05) is 39.1 Å². The number of carbonyl (C=O) groups excluding carboxylic acids is 2. The van der Waals surface area contributed by atoms with Crippen molar-refractivity contribution in [2.45, 2.75) is 70.2 Å². The Hall–Kier alpha value is -3.01. The second kappa shape index (κ2) is 8.65. The van der Waals surface area contributed by atoms with Crippen LogP contribution in [0.25, 0.3) is 0 Å². The summed E-state index contributed by atoms with van der Waals surface area (Å²) >= 11 is 0. The highest BCUT2D eigenvalue weighted by Gasteiger charge is 2.46. The molecule has 34 heavy (non-hydrogen) atoms. The smallest absolute Gasteiger partial charge is 0.248 e. The van der Waals surface area contributed by atoms with E-state index in [1.54, 1.807) is 17.1 Å². The molecule has 1 saturated carbocycles. The van der Waals surface area contributed by atoms with Gasteiger partial charge in [0.15, 0.2) is 0 Å². The zero-order chi connectivity index (χ0) is 24.0. The van der Waals surface area contributed by atoms with Crippen molar-refractivity contribution in [2.24, 2.45) is 5.41 Å². The van der Waals surface area contributed by atoms with Crippen LogP contribution in [0.15, 0.2) is 30.7 Å². The van der Waals surface area contributed by atoms with Crippen molar-refractivity contribution >= 4 is 17.5 Å². The Morgan fingerprint density at radius 3 is 2.50 bits per heavy atom. The molecule has 10 heteroatoms. The summed E-state index contributed by atoms with van der Waals surface area (Å²) in [6, 6.07) is 2.58. The summed E-state index contributed by atoms with van der Waals surface area (Å²) in [6.07, 6.45) is 7.08. The van der Waals surface area contributed by atoms with Crippen LogP contribution in [0.2, 0.25) is 0 Å². The molecular formula is C24H33N7O3. The van der Waals surface area contributed by atoms with Gasteiger partial charge in [-0.2, -0.15) is 0 Å². The molecule has 3 atom stereocenters. The molecule has 5 rings (SSSR count). The molecule has 2 N–H and O–H groups in total. The molecular weight excluding hydrogens is 434 g/mol. The van der Waals surface area contributed by atoms with Gasteiger partial charge in [0.25, 0.3) is 0 Å². The number of carbonyl (C=O) groups is 2. The van der Waals surface area contributed by atoms with Gasteiger partial charge in [0, 0.05) is 56.3 Å². The van der Waals surface area contributed by atoms with Gasteiger partial charge in [0.1, 0.15) is 12.1 Å². The number of likely N-dealkylation sites (tertiary alicyclic amines) is 1. The van der Waals surface area contributed by atoms with Gasteiger partial charge in [-0.3, -0.25) is 14.6 Å². The number of pyridine rings is 1. The van der Waals surface area contributed by atoms with Gasteiger partial charge in [-0.1, -0.05) is 26.0 Å². The zero-order valence-corrected chi connectivity index (χ0v) is 20.0. The highest BCUT2D eigenvalue weighted by molar-refractivity contribution is 5.90. The van der Waals surface area contributed by atoms with Crippen LogP contribution >= 0.6 is 0 Å². The average Bonchev–Trinajstić information content (AvgIpc) is 3.37. The quantitative estimate of drug-likeness (QED) is 0.654. The number of aliphatic hydroxyl groups excluding tert-OH is 1. The Kier molecular flexibility index (Phi) is 5.79. The van der Waals surface area contributed by atoms with Crippen LogP contribution in [0.1, 0.15) is 57.7 Å². The van der Waals surface area contributed by atoms with Crippen molar-refractivity contribution in [1.29, 1.82) is 0 Å². The summed E-state index contributed by atoms with van der Waals surface area (Å²) in [5.74, 6) is 0.0171. The van der Waals surface area contributed by atoms with Gasteiger partial charge in [-0.25, -0.2) is 4.68 Å². The number of aliphatic hydroxyl groups is 1. The van der Waals surface area contributed by atoms with E-state index in [0.29, 0.717) is 19.0 Å². The predicted octanol–water partition coefficient (Wildman–Crippen LogP) is 1.10. The second-order valence-electron chi connectivity index (χ2n) is 10.9. The maximum atomic E-state index is 13.8. The number of β-amino-alcohol motifs (C(OH)–C–C–N with tert-alkyl or cyclic N) is 1. The minimum Gasteiger partial charge on any atom is -0.391 e. The third-order valence-corrected chi connectivity index (χ3v) is 6.96. The van der Waals surface area contributed by atoms with Crippen molar-refractivity contribution in [3.63, 3.8) is 0 Å². The molecule has 2 aromatic heterocycles. The maximum absolute atomic E-state index is 13.8. The van der Waals surface area contributed by atoms with E-state index in [2.05, 4.69) is 25.5 Å². The standard InChI is InChI=1S/C24H33N7O3/c1-24(2,3)21(31-14-19(27-28-31)15-4-5-15)23(34)30-13-18(32)10-20(30)22(33)26-16-11-29(12-16)17-6-8-25-9-7-17/h6-9,14-16,18,20-21,32H,4-5,10-13H2,1-3H3,(H,26,33)/t18-,20+,21?/m1/s1. The largest absolute Gasteiger partial charge is 0.391 e. The first-order valence-electron chi connectivity index (χ1n) is 12.1. The number of hydrogen-bond donors (Lipinski definition) is 2. The van der Waals surface area contributed by atoms with Crippen LogP contribution < -0.4 is 10.2 Å². The Morgan fingerprint density at radius 1 is 1.15 bits per heavy atom. The molecule has 2 saturated heterocycles. The Morgan fingerprint density at radius 2 is 1.85 bits per heavy atom. The first-order chi connectivity index (χ1) is 16.2. The molecule has 10 nitrogen and oxygen atoms in total. The van der Waals surface area contributed by atoms with Crippen molar-refractivity contribution in [1.82, 2.24) is 30.2 Å². The minimum atomic E-state index is -0.729. The monoisotopic (exact) mass is 467 g/mol. The summed E-state index contributed by atoms with van der Waals surface area (Å²) in [5, 5.41) is 22.0. The van der Waals surface area contributed by atoms with Crippen molar-refractivity contribution in [3.05, 3.63) is 36.4 Å². The number of aromatic nitrogens is 4. The van der Waals surface area contributed by atoms with Crippen molar-refractivity contribution in [2.75, 3.05) is 24.5 Å². The highest BCUT2D eigenvalue weighted by Crippen LogP contribution is 2.40. The average molecular weight is 468 g/mol. The zero-order valence-electron chi connectivity index (χ0n) is 20.0. The molecule has 0 aromatic carbocycles. The lowest BCUT2D eigenvalue weighted by molar-refractivity contribution is -0.144. The van der Waals surface area contributed by atoms with Crippen LogP contribution in [-0.2, 0) is 9.59 Å². The van der Waals surface area contributed by atoms with E-state index >= 15 is 0 Å². The van der Waals surface area contributed by atoms with Gasteiger partial charge in [0.2, 0.25) is 11.8 Å². The molecule has 182 valence electrons. The van der Waals surface area contributed by atoms with Crippen LogP contribution in [0.4, 0.5) is 5.69 Å². The Balaban J connectivity index is 1.27. The molecule has 1 aliphatic carbocycles. The van der Waals surface area contributed by atoms with Gasteiger partial charge in [-0.15, -0.1) is 5.10 Å². The third-order valence-electron chi connectivity index (χ3n) is 6.96. The lowest BCUT2D eigenvalue weighted by Crippen LogP contribution is -2.62. The number of nitrogens with zero attached hydrogens (tertiary/aromatic N) is 6. The maximum Gasteiger partial charge on any atom is 0.248 e. The molecule has 1 unspecified atom stereocenters. The first-order valence-corrected chi connectivity index (χ1v) is 12.1. The summed E-state index contributed by atoms with van der Waals surface area (Å²) in [6.45, 7) is 7.49. The third kappa shape index (κ3) is 4.51. The molecule has 2 amide bonds. The first kappa shape index (κ1) is 22.8. The van der Waals surface area contributed by atoms with Crippen LogP contribution in [0.3, 0.4) is 0 Å². The summed E-state index contributed by atoms with van der Waals surface area (Å²) < 4.78 is 1.65. The van der Waals surface area contributed by atoms with E-state index < -0.39 is 23.6 Å². The lowest BCUT2D eigenvalue weighted by atomic mass is 9.85. The molecule has 0 bridgehead atoms. The molecule has 2 aromatic rings. The molecule has 2 aliphatic heterocycles. The molecule has 0 spiro atoms. The number of hydrogen-bond acceptors (Lipinski definition) is 7. The predicted molar refractivity (Wildman–Crippen MR) is 125 cm³/mol. The summed E-state index contributed by atoms with van der Waals surface area (Å²) in [5.41, 5.74) is 1.54. The van der Waals surface area contributed by atoms with E-state index in [9.17, 15) is 14.7 Å². The topological polar surface area (TPSA) is 116 Å². The second-order valence-corrected chi connectivity index (χ2v) is 10.9. The summed E-state index contributed by atoms with van der Waals surface area (Å²) in [7, 11) is 0. The lowest BCUT2D eigenvalue weighted by Gasteiger charge is -2.42. The minimum absolute atomic E-state index is 0.00480. The van der Waals surface area contributed by atoms with Crippen molar-refractivity contribution in [3.8, 4) is 0 Å². The highest BCUT2D eigenvalue weighted by atomic mass is 16.3. The van der Waals surface area contributed by atoms with Gasteiger partial charge in [-0.05, 0) is 30.4 Å². The SMILES string of the molecule is CC(C)(C)C(C(=O)N1C[C@H](O)C[C@H]1C(=O)NC1CN(c2ccncc2)C1)n1cc(C2CC2)nn1. The Labute approximate surface area is 199 Å². The normalized spacial score (nSPS) is 24.1. The summed E-state index contributed by atoms with van der Waals surface area (Å²) in [4.78, 5) is 34.7. The van der Waals surface area contributed by atoms with E-state index in [0.717, 1.165) is 24.2 Å². The fraction of sp³-hybridized carbons (Fsp3) is 0.625. The number of rotatable bonds is 6. The van der Waals surface area contributed by atoms with Gasteiger partial charge >= 0.3 is 0 Å².